The molecule has 2 aromatic heterocycles. The van der Waals surface area contributed by atoms with E-state index in [0.717, 1.165) is 25.1 Å². The molecule has 0 bridgehead atoms. The third-order valence-corrected chi connectivity index (χ3v) is 5.34. The zero-order valence-electron chi connectivity index (χ0n) is 14.1. The highest BCUT2D eigenvalue weighted by Gasteiger charge is 2.24. The molecular formula is C17H25N5OS. The van der Waals surface area contributed by atoms with E-state index in [9.17, 15) is 4.79 Å². The lowest BCUT2D eigenvalue weighted by atomic mass is 10.2. The number of carbonyl (C=O) groups is 1. The van der Waals surface area contributed by atoms with Crippen molar-refractivity contribution >= 4 is 17.4 Å². The summed E-state index contributed by atoms with van der Waals surface area (Å²) in [6.45, 7) is 3.50. The zero-order valence-corrected chi connectivity index (χ0v) is 14.9. The van der Waals surface area contributed by atoms with Gasteiger partial charge in [-0.05, 0) is 49.4 Å². The number of likely N-dealkylation sites (tertiary alicyclic amines) is 1. The van der Waals surface area contributed by atoms with Crippen LogP contribution in [0.3, 0.4) is 0 Å². The quantitative estimate of drug-likeness (QED) is 0.807. The normalized spacial score (nSPS) is 16.2. The molecule has 3 rings (SSSR count). The van der Waals surface area contributed by atoms with Gasteiger partial charge in [0.2, 0.25) is 0 Å². The van der Waals surface area contributed by atoms with Gasteiger partial charge < -0.3 is 10.6 Å². The first-order valence-corrected chi connectivity index (χ1v) is 9.37. The van der Waals surface area contributed by atoms with E-state index in [2.05, 4.69) is 38.1 Å². The average Bonchev–Trinajstić information content (AvgIpc) is 3.30. The van der Waals surface area contributed by atoms with Crippen LogP contribution in [0.4, 0.5) is 4.79 Å². The first-order chi connectivity index (χ1) is 11.7. The summed E-state index contributed by atoms with van der Waals surface area (Å²) in [5.74, 6) is 0. The van der Waals surface area contributed by atoms with E-state index >= 15 is 0 Å². The summed E-state index contributed by atoms with van der Waals surface area (Å²) in [5.41, 5.74) is 1.13. The Morgan fingerprint density at radius 2 is 2.21 bits per heavy atom. The first kappa shape index (κ1) is 17.0. The third-order valence-electron chi connectivity index (χ3n) is 4.37. The van der Waals surface area contributed by atoms with Crippen LogP contribution in [0.5, 0.6) is 0 Å². The molecule has 2 N–H and O–H groups in total. The Morgan fingerprint density at radius 3 is 2.88 bits per heavy atom. The van der Waals surface area contributed by atoms with Crippen molar-refractivity contribution in [2.24, 2.45) is 7.05 Å². The van der Waals surface area contributed by atoms with Gasteiger partial charge in [0.05, 0.1) is 12.2 Å². The molecule has 0 saturated carbocycles. The zero-order chi connectivity index (χ0) is 16.8. The van der Waals surface area contributed by atoms with E-state index in [1.165, 1.54) is 17.7 Å². The minimum absolute atomic E-state index is 0.0976. The molecule has 0 aromatic carbocycles. The van der Waals surface area contributed by atoms with E-state index in [1.54, 1.807) is 16.0 Å². The van der Waals surface area contributed by atoms with Gasteiger partial charge in [-0.2, -0.15) is 5.10 Å². The Bertz CT molecular complexity index is 633. The summed E-state index contributed by atoms with van der Waals surface area (Å²) in [7, 11) is 1.90. The maximum absolute atomic E-state index is 12.1. The number of amides is 2. The van der Waals surface area contributed by atoms with E-state index < -0.39 is 0 Å². The van der Waals surface area contributed by atoms with Crippen molar-refractivity contribution < 1.29 is 4.79 Å². The van der Waals surface area contributed by atoms with Gasteiger partial charge in [-0.25, -0.2) is 4.79 Å². The Kier molecular flexibility index (Phi) is 5.87. The molecule has 1 fully saturated rings. The fourth-order valence-electron chi connectivity index (χ4n) is 3.12. The SMILES string of the molecule is Cn1cc(CCNC(=O)NC[C@H](c2cccs2)N2CCCC2)cn1. The minimum atomic E-state index is -0.0976. The van der Waals surface area contributed by atoms with Crippen LogP contribution in [0.2, 0.25) is 0 Å². The van der Waals surface area contributed by atoms with Crippen molar-refractivity contribution in [2.45, 2.75) is 25.3 Å². The molecule has 24 heavy (non-hydrogen) atoms. The number of nitrogens with one attached hydrogen (secondary N) is 2. The standard InChI is InChI=1S/C17H25N5OS/c1-21-13-14(11-20-21)6-7-18-17(23)19-12-15(16-5-4-10-24-16)22-8-2-3-9-22/h4-5,10-11,13,15H,2-3,6-9,12H2,1H3,(H2,18,19,23)/t15-/m1/s1. The van der Waals surface area contributed by atoms with Gasteiger partial charge in [-0.15, -0.1) is 11.3 Å². The van der Waals surface area contributed by atoms with Gasteiger partial charge in [0, 0.05) is 31.2 Å². The number of thiophene rings is 1. The highest BCUT2D eigenvalue weighted by atomic mass is 32.1. The van der Waals surface area contributed by atoms with Crippen LogP contribution >= 0.6 is 11.3 Å². The molecule has 130 valence electrons. The molecule has 0 unspecified atom stereocenters. The van der Waals surface area contributed by atoms with E-state index in [1.807, 2.05) is 19.4 Å². The van der Waals surface area contributed by atoms with Crippen LogP contribution < -0.4 is 10.6 Å². The fraction of sp³-hybridized carbons (Fsp3) is 0.529. The lowest BCUT2D eigenvalue weighted by Gasteiger charge is -2.26. The number of carbonyl (C=O) groups excluding carboxylic acids is 1. The van der Waals surface area contributed by atoms with Crippen molar-refractivity contribution in [2.75, 3.05) is 26.2 Å². The second kappa shape index (κ2) is 8.30. The van der Waals surface area contributed by atoms with Crippen LogP contribution in [0.1, 0.15) is 29.3 Å². The summed E-state index contributed by atoms with van der Waals surface area (Å²) < 4.78 is 1.77. The molecule has 7 heteroatoms. The number of hydrogen-bond donors (Lipinski definition) is 2. The number of aromatic nitrogens is 2. The molecule has 2 aromatic rings. The topological polar surface area (TPSA) is 62.2 Å². The number of nitrogens with zero attached hydrogens (tertiary/aromatic N) is 3. The van der Waals surface area contributed by atoms with Gasteiger partial charge in [0.1, 0.15) is 0 Å². The van der Waals surface area contributed by atoms with Gasteiger partial charge in [0.15, 0.2) is 0 Å². The van der Waals surface area contributed by atoms with Crippen LogP contribution in [0.15, 0.2) is 29.9 Å². The highest BCUT2D eigenvalue weighted by Crippen LogP contribution is 2.27. The molecule has 1 aliphatic heterocycles. The monoisotopic (exact) mass is 347 g/mol. The van der Waals surface area contributed by atoms with Crippen LogP contribution in [-0.2, 0) is 13.5 Å². The third kappa shape index (κ3) is 4.58. The second-order valence-electron chi connectivity index (χ2n) is 6.18. The van der Waals surface area contributed by atoms with Crippen molar-refractivity contribution in [1.29, 1.82) is 0 Å². The minimum Gasteiger partial charge on any atom is -0.338 e. The Hall–Kier alpha value is -1.86. The Labute approximate surface area is 146 Å². The lowest BCUT2D eigenvalue weighted by molar-refractivity contribution is 0.222. The lowest BCUT2D eigenvalue weighted by Crippen LogP contribution is -2.41. The predicted molar refractivity (Wildman–Crippen MR) is 96.2 cm³/mol. The van der Waals surface area contributed by atoms with Crippen LogP contribution in [0, 0.1) is 0 Å². The molecular weight excluding hydrogens is 322 g/mol. The van der Waals surface area contributed by atoms with Gasteiger partial charge in [-0.3, -0.25) is 9.58 Å². The smallest absolute Gasteiger partial charge is 0.314 e. The van der Waals surface area contributed by atoms with Gasteiger partial charge in [0.25, 0.3) is 0 Å². The molecule has 0 spiro atoms. The number of rotatable bonds is 7. The fourth-order valence-corrected chi connectivity index (χ4v) is 3.98. The number of aryl methyl sites for hydroxylation is 1. The van der Waals surface area contributed by atoms with E-state index in [4.69, 9.17) is 0 Å². The maximum Gasteiger partial charge on any atom is 0.314 e. The van der Waals surface area contributed by atoms with Crippen molar-refractivity contribution in [3.63, 3.8) is 0 Å². The summed E-state index contributed by atoms with van der Waals surface area (Å²) in [6, 6.07) is 4.43. The molecule has 1 aliphatic rings. The first-order valence-electron chi connectivity index (χ1n) is 8.49. The summed E-state index contributed by atoms with van der Waals surface area (Å²) in [5, 5.41) is 12.2. The summed E-state index contributed by atoms with van der Waals surface area (Å²) in [4.78, 5) is 15.9. The van der Waals surface area contributed by atoms with E-state index in [-0.39, 0.29) is 12.1 Å². The van der Waals surface area contributed by atoms with E-state index in [0.29, 0.717) is 13.1 Å². The molecule has 3 heterocycles. The molecule has 6 nitrogen and oxygen atoms in total. The Morgan fingerprint density at radius 1 is 1.38 bits per heavy atom. The predicted octanol–water partition coefficient (Wildman–Crippen LogP) is 2.16. The maximum atomic E-state index is 12.1. The highest BCUT2D eigenvalue weighted by molar-refractivity contribution is 7.10. The number of urea groups is 1. The number of hydrogen-bond acceptors (Lipinski definition) is 4. The van der Waals surface area contributed by atoms with Crippen LogP contribution in [-0.4, -0.2) is 46.9 Å². The molecule has 0 aliphatic carbocycles. The second-order valence-corrected chi connectivity index (χ2v) is 7.16. The molecule has 0 radical (unpaired) electrons. The van der Waals surface area contributed by atoms with Gasteiger partial charge in [-0.1, -0.05) is 6.07 Å². The van der Waals surface area contributed by atoms with Gasteiger partial charge >= 0.3 is 6.03 Å². The Balaban J connectivity index is 1.44. The van der Waals surface area contributed by atoms with Crippen molar-refractivity contribution in [1.82, 2.24) is 25.3 Å². The molecule has 1 saturated heterocycles. The average molecular weight is 347 g/mol. The summed E-state index contributed by atoms with van der Waals surface area (Å²) in [6.07, 6.45) is 7.10. The molecule has 2 amide bonds. The molecule has 1 atom stereocenters. The summed E-state index contributed by atoms with van der Waals surface area (Å²) >= 11 is 1.76. The van der Waals surface area contributed by atoms with Crippen LogP contribution in [0.25, 0.3) is 0 Å². The largest absolute Gasteiger partial charge is 0.338 e. The van der Waals surface area contributed by atoms with Crippen molar-refractivity contribution in [3.8, 4) is 0 Å². The van der Waals surface area contributed by atoms with Crippen molar-refractivity contribution in [3.05, 3.63) is 40.3 Å².